The van der Waals surface area contributed by atoms with E-state index >= 15 is 0 Å². The van der Waals surface area contributed by atoms with E-state index < -0.39 is 0 Å². The van der Waals surface area contributed by atoms with Gasteiger partial charge in [0.25, 0.3) is 5.69 Å². The maximum Gasteiger partial charge on any atom is 0.293 e. The molecule has 7 nitrogen and oxygen atoms in total. The molecule has 146 valence electrons. The fourth-order valence-corrected chi connectivity index (χ4v) is 3.77. The number of carbonyl (C=O) groups excluding carboxylic acids is 1. The van der Waals surface area contributed by atoms with Crippen molar-refractivity contribution in [2.24, 2.45) is 0 Å². The molecule has 0 atom stereocenters. The van der Waals surface area contributed by atoms with Crippen LogP contribution in [0.5, 0.6) is 0 Å². The number of benzene rings is 1. The van der Waals surface area contributed by atoms with Crippen LogP contribution in [-0.4, -0.2) is 66.3 Å². The van der Waals surface area contributed by atoms with Crippen molar-refractivity contribution >= 4 is 17.2 Å². The molecule has 1 aromatic carbocycles. The van der Waals surface area contributed by atoms with E-state index in [-0.39, 0.29) is 16.4 Å². The fourth-order valence-electron chi connectivity index (χ4n) is 3.77. The van der Waals surface area contributed by atoms with Gasteiger partial charge in [0.15, 0.2) is 5.78 Å². The minimum atomic E-state index is -0.388. The molecule has 0 unspecified atom stereocenters. The normalized spacial score (nSPS) is 18.4. The Labute approximate surface area is 160 Å². The third-order valence-corrected chi connectivity index (χ3v) is 5.29. The molecule has 2 aliphatic heterocycles. The van der Waals surface area contributed by atoms with Crippen LogP contribution in [-0.2, 0) is 0 Å². The molecule has 2 aliphatic rings. The molecule has 0 radical (unpaired) electrons. The van der Waals surface area contributed by atoms with Crippen molar-refractivity contribution in [2.75, 3.05) is 50.7 Å². The number of rotatable bonds is 7. The first-order valence-electron chi connectivity index (χ1n) is 9.81. The minimum absolute atomic E-state index is 0.0179. The number of hydrogen-bond acceptors (Lipinski definition) is 6. The van der Waals surface area contributed by atoms with Crippen LogP contribution in [0.3, 0.4) is 0 Å². The Hall–Kier alpha value is -2.41. The largest absolute Gasteiger partial charge is 0.375 e. The number of carbonyl (C=O) groups is 1. The van der Waals surface area contributed by atoms with Crippen molar-refractivity contribution in [1.29, 1.82) is 0 Å². The highest BCUT2D eigenvalue weighted by atomic mass is 16.6. The molecular formula is C20H28N4O3. The van der Waals surface area contributed by atoms with E-state index in [4.69, 9.17) is 0 Å². The average Bonchev–Trinajstić information content (AvgIpc) is 3.21. The Morgan fingerprint density at radius 3 is 2.48 bits per heavy atom. The van der Waals surface area contributed by atoms with E-state index in [9.17, 15) is 14.9 Å². The molecule has 0 spiro atoms. The molecule has 2 saturated heterocycles. The summed E-state index contributed by atoms with van der Waals surface area (Å²) in [4.78, 5) is 30.2. The van der Waals surface area contributed by atoms with Crippen molar-refractivity contribution in [2.45, 2.75) is 26.2 Å². The van der Waals surface area contributed by atoms with Crippen LogP contribution in [0.25, 0.3) is 0 Å². The Morgan fingerprint density at radius 1 is 1.15 bits per heavy atom. The van der Waals surface area contributed by atoms with Gasteiger partial charge in [0.2, 0.25) is 0 Å². The first kappa shape index (κ1) is 19.4. The van der Waals surface area contributed by atoms with Gasteiger partial charge in [-0.05, 0) is 37.9 Å². The lowest BCUT2D eigenvalue weighted by atomic mass is 10.1. The van der Waals surface area contributed by atoms with Gasteiger partial charge in [0.05, 0.1) is 4.92 Å². The van der Waals surface area contributed by atoms with Gasteiger partial charge in [-0.1, -0.05) is 6.92 Å². The van der Waals surface area contributed by atoms with E-state index in [2.05, 4.69) is 16.7 Å². The number of piperazine rings is 1. The molecule has 0 bridgehead atoms. The summed E-state index contributed by atoms with van der Waals surface area (Å²) < 4.78 is 0. The molecule has 0 saturated carbocycles. The zero-order valence-corrected chi connectivity index (χ0v) is 16.0. The summed E-state index contributed by atoms with van der Waals surface area (Å²) in [6.07, 6.45) is 6.61. The first-order chi connectivity index (χ1) is 13.1. The number of nitrogens with zero attached hydrogens (tertiary/aromatic N) is 4. The zero-order valence-electron chi connectivity index (χ0n) is 16.0. The zero-order chi connectivity index (χ0) is 19.2. The molecule has 3 rings (SSSR count). The third kappa shape index (κ3) is 4.86. The van der Waals surface area contributed by atoms with Gasteiger partial charge in [0, 0.05) is 63.2 Å². The summed E-state index contributed by atoms with van der Waals surface area (Å²) >= 11 is 0. The van der Waals surface area contributed by atoms with E-state index in [1.807, 2.05) is 11.1 Å². The van der Waals surface area contributed by atoms with Crippen LogP contribution in [0.2, 0.25) is 0 Å². The van der Waals surface area contributed by atoms with Crippen molar-refractivity contribution in [1.82, 2.24) is 9.80 Å². The van der Waals surface area contributed by atoms with E-state index in [0.717, 1.165) is 65.1 Å². The number of anilines is 1. The first-order valence-corrected chi connectivity index (χ1v) is 9.81. The maximum absolute atomic E-state index is 12.5. The highest BCUT2D eigenvalue weighted by Gasteiger charge is 2.23. The molecule has 0 aromatic heterocycles. The quantitative estimate of drug-likeness (QED) is 0.317. The van der Waals surface area contributed by atoms with Crippen molar-refractivity contribution in [3.8, 4) is 0 Å². The average molecular weight is 372 g/mol. The lowest BCUT2D eigenvalue weighted by Gasteiger charge is -2.33. The maximum atomic E-state index is 12.5. The molecule has 7 heteroatoms. The second-order valence-electron chi connectivity index (χ2n) is 7.21. The standard InChI is InChI=1S/C20H28N4O3/c1-2-8-21-12-14-22(15-13-21)11-7-20(25)17-5-6-18(19(16-17)24(26)27)23-9-3-4-10-23/h5-7,11,16H,2-4,8-10,12-15H2,1H3. The molecule has 2 heterocycles. The van der Waals surface area contributed by atoms with Crippen LogP contribution < -0.4 is 4.90 Å². The van der Waals surface area contributed by atoms with Gasteiger partial charge in [0.1, 0.15) is 5.69 Å². The van der Waals surface area contributed by atoms with Gasteiger partial charge < -0.3 is 9.80 Å². The molecule has 0 aliphatic carbocycles. The van der Waals surface area contributed by atoms with Gasteiger partial charge in [-0.3, -0.25) is 19.8 Å². The van der Waals surface area contributed by atoms with Gasteiger partial charge >= 0.3 is 0 Å². The van der Waals surface area contributed by atoms with E-state index in [1.165, 1.54) is 12.1 Å². The second kappa shape index (κ2) is 8.99. The number of nitro groups is 1. The molecule has 0 amide bonds. The van der Waals surface area contributed by atoms with Crippen LogP contribution in [0, 0.1) is 10.1 Å². The predicted octanol–water partition coefficient (Wildman–Crippen LogP) is 2.92. The number of hydrogen-bond donors (Lipinski definition) is 0. The highest BCUT2D eigenvalue weighted by Crippen LogP contribution is 2.31. The van der Waals surface area contributed by atoms with Gasteiger partial charge in [-0.25, -0.2) is 0 Å². The minimum Gasteiger partial charge on any atom is -0.375 e. The molecule has 0 N–H and O–H groups in total. The third-order valence-electron chi connectivity index (χ3n) is 5.29. The molecule has 2 fully saturated rings. The Kier molecular flexibility index (Phi) is 6.45. The van der Waals surface area contributed by atoms with Gasteiger partial charge in [-0.15, -0.1) is 0 Å². The molecule has 27 heavy (non-hydrogen) atoms. The monoisotopic (exact) mass is 372 g/mol. The Morgan fingerprint density at radius 2 is 1.85 bits per heavy atom. The Balaban J connectivity index is 1.66. The summed E-state index contributed by atoms with van der Waals surface area (Å²) in [6.45, 7) is 8.76. The van der Waals surface area contributed by atoms with Crippen molar-refractivity contribution in [3.05, 3.63) is 46.2 Å². The predicted molar refractivity (Wildman–Crippen MR) is 106 cm³/mol. The lowest BCUT2D eigenvalue weighted by molar-refractivity contribution is -0.384. The van der Waals surface area contributed by atoms with Crippen molar-refractivity contribution < 1.29 is 9.72 Å². The number of allylic oxidation sites excluding steroid dienone is 1. The Bertz CT molecular complexity index is 705. The highest BCUT2D eigenvalue weighted by molar-refractivity contribution is 6.05. The van der Waals surface area contributed by atoms with Gasteiger partial charge in [-0.2, -0.15) is 0 Å². The number of nitro benzene ring substituents is 1. The van der Waals surface area contributed by atoms with E-state index in [1.54, 1.807) is 12.1 Å². The topological polar surface area (TPSA) is 69.9 Å². The summed E-state index contributed by atoms with van der Waals surface area (Å²) in [5.74, 6) is -0.193. The van der Waals surface area contributed by atoms with Crippen molar-refractivity contribution in [3.63, 3.8) is 0 Å². The van der Waals surface area contributed by atoms with Crippen LogP contribution in [0.4, 0.5) is 11.4 Å². The summed E-state index contributed by atoms with van der Waals surface area (Å²) in [5, 5.41) is 11.5. The van der Waals surface area contributed by atoms with Crippen LogP contribution >= 0.6 is 0 Å². The molecule has 1 aromatic rings. The summed E-state index contributed by atoms with van der Waals surface area (Å²) in [6, 6.07) is 4.83. The van der Waals surface area contributed by atoms with Crippen LogP contribution in [0.15, 0.2) is 30.5 Å². The van der Waals surface area contributed by atoms with E-state index in [0.29, 0.717) is 11.3 Å². The second-order valence-corrected chi connectivity index (χ2v) is 7.21. The summed E-state index contributed by atoms with van der Waals surface area (Å²) in [5.41, 5.74) is 1.000. The lowest BCUT2D eigenvalue weighted by Crippen LogP contribution is -2.44. The summed E-state index contributed by atoms with van der Waals surface area (Å²) in [7, 11) is 0. The number of ketones is 1. The smallest absolute Gasteiger partial charge is 0.293 e. The fraction of sp³-hybridized carbons (Fsp3) is 0.550. The van der Waals surface area contributed by atoms with Crippen LogP contribution in [0.1, 0.15) is 36.5 Å². The SMILES string of the molecule is CCCN1CCN(C=CC(=O)c2ccc(N3CCCC3)c([N+](=O)[O-])c2)CC1. The molecular weight excluding hydrogens is 344 g/mol.